The molecule has 5 rings (SSSR count). The van der Waals surface area contributed by atoms with Crippen LogP contribution in [0.5, 0.6) is 5.75 Å². The van der Waals surface area contributed by atoms with Gasteiger partial charge in [0.1, 0.15) is 5.75 Å². The molecule has 3 aromatic rings. The molecule has 3 N–H and O–H groups in total. The molecular formula is C32H33NO5. The number of benzene rings is 3. The van der Waals surface area contributed by atoms with E-state index in [1.807, 2.05) is 67.6 Å². The lowest BCUT2D eigenvalue weighted by Gasteiger charge is -2.35. The summed E-state index contributed by atoms with van der Waals surface area (Å²) in [6.45, 7) is 1.60. The fourth-order valence-corrected chi connectivity index (χ4v) is 6.29. The Balaban J connectivity index is 1.46. The Morgan fingerprint density at radius 1 is 1.00 bits per heavy atom. The molecule has 3 aromatic carbocycles. The first-order valence-electron chi connectivity index (χ1n) is 13.1. The van der Waals surface area contributed by atoms with Crippen LogP contribution in [-0.4, -0.2) is 51.8 Å². The van der Waals surface area contributed by atoms with Crippen molar-refractivity contribution in [2.45, 2.75) is 32.3 Å². The van der Waals surface area contributed by atoms with E-state index < -0.39 is 23.9 Å². The van der Waals surface area contributed by atoms with E-state index in [2.05, 4.69) is 6.08 Å². The number of imide groups is 1. The van der Waals surface area contributed by atoms with Gasteiger partial charge in [0.25, 0.3) is 0 Å². The summed E-state index contributed by atoms with van der Waals surface area (Å²) in [5.74, 6) is -1.92. The van der Waals surface area contributed by atoms with Gasteiger partial charge in [0.15, 0.2) is 0 Å². The third-order valence-corrected chi connectivity index (χ3v) is 8.20. The number of carbonyl (C=O) groups is 2. The molecule has 1 heterocycles. The summed E-state index contributed by atoms with van der Waals surface area (Å²) in [6, 6.07) is 21.3. The fraction of sp³-hybridized carbons (Fsp3) is 0.312. The number of aromatic hydroxyl groups is 1. The zero-order chi connectivity index (χ0) is 27.0. The summed E-state index contributed by atoms with van der Waals surface area (Å²) in [5, 5.41) is 33.7. The van der Waals surface area contributed by atoms with Crippen molar-refractivity contribution < 1.29 is 24.9 Å². The molecular weight excluding hydrogens is 478 g/mol. The van der Waals surface area contributed by atoms with Gasteiger partial charge in [-0.1, -0.05) is 72.3 Å². The SMILES string of the molecule is CC1=C([C@H](O)CC/C(=C/c2ccc(O)c3ccccc23)c2ccccc2)[C@H](CO)[C@@H]2C(=O)N(C)C(=O)[C@@H]2C1. The van der Waals surface area contributed by atoms with Gasteiger partial charge in [0.05, 0.1) is 24.5 Å². The summed E-state index contributed by atoms with van der Waals surface area (Å²) in [4.78, 5) is 26.6. The molecule has 0 bridgehead atoms. The van der Waals surface area contributed by atoms with Crippen molar-refractivity contribution in [1.29, 1.82) is 0 Å². The lowest BCUT2D eigenvalue weighted by atomic mass is 9.68. The van der Waals surface area contributed by atoms with Crippen LogP contribution in [0.25, 0.3) is 22.4 Å². The quantitative estimate of drug-likeness (QED) is 0.241. The van der Waals surface area contributed by atoms with Crippen molar-refractivity contribution in [3.63, 3.8) is 0 Å². The Labute approximate surface area is 222 Å². The van der Waals surface area contributed by atoms with Crippen molar-refractivity contribution in [3.05, 3.63) is 89.0 Å². The molecule has 1 aliphatic carbocycles. The number of likely N-dealkylation sites (tertiary alicyclic amines) is 1. The van der Waals surface area contributed by atoms with E-state index >= 15 is 0 Å². The molecule has 2 amide bonds. The first-order chi connectivity index (χ1) is 18.3. The number of fused-ring (bicyclic) bond motifs is 2. The minimum Gasteiger partial charge on any atom is -0.507 e. The van der Waals surface area contributed by atoms with E-state index in [1.165, 1.54) is 11.9 Å². The maximum absolute atomic E-state index is 12.8. The number of nitrogens with zero attached hydrogens (tertiary/aromatic N) is 1. The van der Waals surface area contributed by atoms with Crippen LogP contribution in [-0.2, 0) is 9.59 Å². The molecule has 4 atom stereocenters. The van der Waals surface area contributed by atoms with E-state index in [1.54, 1.807) is 6.07 Å². The van der Waals surface area contributed by atoms with Gasteiger partial charge < -0.3 is 15.3 Å². The summed E-state index contributed by atoms with van der Waals surface area (Å²) in [5.41, 5.74) is 4.59. The Bertz CT molecular complexity index is 1440. The molecule has 0 spiro atoms. The van der Waals surface area contributed by atoms with Gasteiger partial charge in [0.2, 0.25) is 11.8 Å². The van der Waals surface area contributed by atoms with Crippen molar-refractivity contribution in [3.8, 4) is 5.75 Å². The Kier molecular flexibility index (Phi) is 7.19. The van der Waals surface area contributed by atoms with Crippen LogP contribution in [0.15, 0.2) is 77.9 Å². The number of allylic oxidation sites excluding steroid dienone is 2. The largest absolute Gasteiger partial charge is 0.507 e. The van der Waals surface area contributed by atoms with E-state index in [0.29, 0.717) is 24.8 Å². The van der Waals surface area contributed by atoms with Crippen LogP contribution >= 0.6 is 0 Å². The molecule has 6 nitrogen and oxygen atoms in total. The maximum Gasteiger partial charge on any atom is 0.233 e. The smallest absolute Gasteiger partial charge is 0.233 e. The minimum atomic E-state index is -0.856. The first-order valence-corrected chi connectivity index (χ1v) is 13.1. The Hall–Kier alpha value is -3.74. The summed E-state index contributed by atoms with van der Waals surface area (Å²) < 4.78 is 0. The van der Waals surface area contributed by atoms with Crippen molar-refractivity contribution in [2.24, 2.45) is 17.8 Å². The number of hydrogen-bond donors (Lipinski definition) is 3. The predicted octanol–water partition coefficient (Wildman–Crippen LogP) is 4.79. The second-order valence-corrected chi connectivity index (χ2v) is 10.4. The van der Waals surface area contributed by atoms with E-state index in [0.717, 1.165) is 33.0 Å². The number of aliphatic hydroxyl groups excluding tert-OH is 2. The highest BCUT2D eigenvalue weighted by atomic mass is 16.3. The molecule has 196 valence electrons. The second kappa shape index (κ2) is 10.6. The molecule has 0 unspecified atom stereocenters. The highest BCUT2D eigenvalue weighted by Crippen LogP contribution is 2.46. The number of hydrogen-bond acceptors (Lipinski definition) is 5. The summed E-state index contributed by atoms with van der Waals surface area (Å²) >= 11 is 0. The van der Waals surface area contributed by atoms with Gasteiger partial charge in [-0.15, -0.1) is 0 Å². The normalized spacial score (nSPS) is 22.8. The highest BCUT2D eigenvalue weighted by Gasteiger charge is 2.53. The average Bonchev–Trinajstić information content (AvgIpc) is 3.15. The molecule has 38 heavy (non-hydrogen) atoms. The van der Waals surface area contributed by atoms with Gasteiger partial charge in [-0.2, -0.15) is 0 Å². The van der Waals surface area contributed by atoms with Gasteiger partial charge in [0, 0.05) is 18.4 Å². The Morgan fingerprint density at radius 3 is 2.39 bits per heavy atom. The predicted molar refractivity (Wildman–Crippen MR) is 148 cm³/mol. The molecule has 0 aromatic heterocycles. The summed E-state index contributed by atoms with van der Waals surface area (Å²) in [6.07, 6.45) is 2.61. The zero-order valence-corrected chi connectivity index (χ0v) is 21.7. The number of phenolic OH excluding ortho intramolecular Hbond substituents is 1. The average molecular weight is 512 g/mol. The topological polar surface area (TPSA) is 98.1 Å². The number of aliphatic hydroxyl groups is 2. The monoisotopic (exact) mass is 511 g/mol. The van der Waals surface area contributed by atoms with Crippen molar-refractivity contribution in [1.82, 2.24) is 4.90 Å². The number of rotatable bonds is 7. The number of carbonyl (C=O) groups excluding carboxylic acids is 2. The molecule has 1 fully saturated rings. The van der Waals surface area contributed by atoms with E-state index in [9.17, 15) is 24.9 Å². The Morgan fingerprint density at radius 2 is 1.68 bits per heavy atom. The molecule has 1 saturated heterocycles. The lowest BCUT2D eigenvalue weighted by molar-refractivity contribution is -0.138. The number of amides is 2. The standard InChI is InChI=1S/C32H33NO5/c1-19-16-25-30(32(38)33(2)31(25)37)26(18-34)29(19)28(36)15-12-21(20-8-4-3-5-9-20)17-22-13-14-27(35)24-11-7-6-10-23(22)24/h3-11,13-14,17,25-26,28,30,34-36H,12,15-16,18H2,1-2H3/b21-17-/t25-,26+,28-,30-/m1/s1. The minimum absolute atomic E-state index is 0.207. The van der Waals surface area contributed by atoms with Gasteiger partial charge in [-0.25, -0.2) is 0 Å². The second-order valence-electron chi connectivity index (χ2n) is 10.4. The third-order valence-electron chi connectivity index (χ3n) is 8.20. The fourth-order valence-electron chi connectivity index (χ4n) is 6.29. The van der Waals surface area contributed by atoms with Gasteiger partial charge in [-0.3, -0.25) is 14.5 Å². The molecule has 2 aliphatic rings. The van der Waals surface area contributed by atoms with Crippen LogP contribution in [0.2, 0.25) is 0 Å². The third kappa shape index (κ3) is 4.55. The highest BCUT2D eigenvalue weighted by molar-refractivity contribution is 6.05. The van der Waals surface area contributed by atoms with Crippen LogP contribution in [0.4, 0.5) is 0 Å². The molecule has 6 heteroatoms. The van der Waals surface area contributed by atoms with Crippen LogP contribution in [0, 0.1) is 17.8 Å². The summed E-state index contributed by atoms with van der Waals surface area (Å²) in [7, 11) is 1.49. The van der Waals surface area contributed by atoms with Gasteiger partial charge >= 0.3 is 0 Å². The molecule has 0 saturated carbocycles. The van der Waals surface area contributed by atoms with E-state index in [4.69, 9.17) is 0 Å². The maximum atomic E-state index is 12.8. The number of phenols is 1. The van der Waals surface area contributed by atoms with Crippen LogP contribution < -0.4 is 0 Å². The molecule has 1 aliphatic heterocycles. The van der Waals surface area contributed by atoms with Gasteiger partial charge in [-0.05, 0) is 59.9 Å². The molecule has 0 radical (unpaired) electrons. The van der Waals surface area contributed by atoms with Crippen molar-refractivity contribution >= 4 is 34.2 Å². The first kappa shape index (κ1) is 25.9. The van der Waals surface area contributed by atoms with E-state index in [-0.39, 0.29) is 24.2 Å². The van der Waals surface area contributed by atoms with Crippen LogP contribution in [0.1, 0.15) is 37.3 Å². The van der Waals surface area contributed by atoms with Crippen LogP contribution in [0.3, 0.4) is 0 Å². The lowest BCUT2D eigenvalue weighted by Crippen LogP contribution is -2.38. The van der Waals surface area contributed by atoms with Crippen molar-refractivity contribution in [2.75, 3.05) is 13.7 Å². The zero-order valence-electron chi connectivity index (χ0n) is 21.7.